The summed E-state index contributed by atoms with van der Waals surface area (Å²) in [5, 5.41) is 12.4. The van der Waals surface area contributed by atoms with Crippen molar-refractivity contribution < 1.29 is 23.9 Å². The third kappa shape index (κ3) is 3.25. The van der Waals surface area contributed by atoms with E-state index in [1.807, 2.05) is 0 Å². The minimum absolute atomic E-state index is 0.117. The van der Waals surface area contributed by atoms with Crippen LogP contribution in [0, 0.1) is 11.3 Å². The van der Waals surface area contributed by atoms with Gasteiger partial charge in [-0.05, 0) is 12.0 Å². The Bertz CT molecular complexity index is 824. The summed E-state index contributed by atoms with van der Waals surface area (Å²) in [4.78, 5) is 50.4. The highest BCUT2D eigenvalue weighted by atomic mass is 32.1. The van der Waals surface area contributed by atoms with Crippen LogP contribution >= 0.6 is 11.3 Å². The van der Waals surface area contributed by atoms with Crippen LogP contribution in [0.15, 0.2) is 0 Å². The third-order valence-corrected chi connectivity index (χ3v) is 5.44. The van der Waals surface area contributed by atoms with Crippen LogP contribution in [0.2, 0.25) is 0 Å². The van der Waals surface area contributed by atoms with Crippen molar-refractivity contribution in [2.24, 2.45) is 0 Å². The predicted octanol–water partition coefficient (Wildman–Crippen LogP) is 0.832. The number of nitrogens with one attached hydrogen (secondary N) is 1. The molecule has 0 radical (unpaired) electrons. The van der Waals surface area contributed by atoms with Gasteiger partial charge in [-0.25, -0.2) is 4.79 Å². The molecule has 136 valence electrons. The fraction of sp³-hybridized carbons (Fsp3) is 0.438. The number of thiophene rings is 1. The number of nitriles is 1. The molecule has 1 saturated heterocycles. The number of anilines is 1. The summed E-state index contributed by atoms with van der Waals surface area (Å²) in [5.74, 6) is -1.27. The lowest BCUT2D eigenvalue weighted by Crippen LogP contribution is -2.36. The van der Waals surface area contributed by atoms with Gasteiger partial charge in [-0.15, -0.1) is 11.3 Å². The van der Waals surface area contributed by atoms with E-state index in [-0.39, 0.29) is 31.2 Å². The lowest BCUT2D eigenvalue weighted by Gasteiger charge is -2.25. The standard InChI is InChI=1S/C16H16N4O5S/c1-25-16(24)19-5-4-9-10(6-17)15(26-11(9)7-19)18-12(21)8-20-13(22)2-3-14(20)23/h2-5,7-8H2,1H3,(H,18,21). The fourth-order valence-electron chi connectivity index (χ4n) is 3.00. The van der Waals surface area contributed by atoms with E-state index in [9.17, 15) is 24.4 Å². The van der Waals surface area contributed by atoms with Gasteiger partial charge in [0, 0.05) is 24.3 Å². The molecule has 0 saturated carbocycles. The zero-order valence-electron chi connectivity index (χ0n) is 14.0. The summed E-state index contributed by atoms with van der Waals surface area (Å²) in [6.07, 6.45) is 0.278. The Labute approximate surface area is 153 Å². The minimum Gasteiger partial charge on any atom is -0.453 e. The molecule has 3 rings (SSSR count). The molecule has 3 heterocycles. The number of nitrogens with zero attached hydrogens (tertiary/aromatic N) is 3. The van der Waals surface area contributed by atoms with Crippen LogP contribution in [0.4, 0.5) is 9.80 Å². The Balaban J connectivity index is 1.75. The molecule has 10 heteroatoms. The molecular formula is C16H16N4O5S. The lowest BCUT2D eigenvalue weighted by atomic mass is 10.0. The second kappa shape index (κ2) is 7.13. The van der Waals surface area contributed by atoms with Crippen molar-refractivity contribution in [2.45, 2.75) is 25.8 Å². The van der Waals surface area contributed by atoms with E-state index in [0.717, 1.165) is 15.3 Å². The van der Waals surface area contributed by atoms with Gasteiger partial charge in [-0.2, -0.15) is 5.26 Å². The Morgan fingerprint density at radius 2 is 1.96 bits per heavy atom. The van der Waals surface area contributed by atoms with Crippen LogP contribution in [0.25, 0.3) is 0 Å². The molecule has 2 aliphatic rings. The van der Waals surface area contributed by atoms with E-state index in [1.165, 1.54) is 23.3 Å². The fourth-order valence-corrected chi connectivity index (χ4v) is 4.23. The average Bonchev–Trinajstić information content (AvgIpc) is 3.13. The van der Waals surface area contributed by atoms with Crippen LogP contribution in [-0.4, -0.2) is 53.8 Å². The molecule has 0 atom stereocenters. The summed E-state index contributed by atoms with van der Waals surface area (Å²) in [6, 6.07) is 2.09. The Morgan fingerprint density at radius 1 is 1.27 bits per heavy atom. The quantitative estimate of drug-likeness (QED) is 0.780. The van der Waals surface area contributed by atoms with Gasteiger partial charge >= 0.3 is 6.09 Å². The summed E-state index contributed by atoms with van der Waals surface area (Å²) < 4.78 is 4.71. The number of methoxy groups -OCH3 is 1. The highest BCUT2D eigenvalue weighted by molar-refractivity contribution is 7.16. The van der Waals surface area contributed by atoms with Crippen LogP contribution in [-0.2, 0) is 32.1 Å². The zero-order chi connectivity index (χ0) is 18.8. The maximum Gasteiger partial charge on any atom is 0.409 e. The first-order valence-electron chi connectivity index (χ1n) is 7.95. The van der Waals surface area contributed by atoms with E-state index in [4.69, 9.17) is 4.74 Å². The summed E-state index contributed by atoms with van der Waals surface area (Å²) in [7, 11) is 1.31. The zero-order valence-corrected chi connectivity index (χ0v) is 14.9. The number of amides is 4. The predicted molar refractivity (Wildman–Crippen MR) is 90.1 cm³/mol. The van der Waals surface area contributed by atoms with Gasteiger partial charge in [0.05, 0.1) is 19.2 Å². The van der Waals surface area contributed by atoms with Crippen molar-refractivity contribution in [1.82, 2.24) is 9.80 Å². The number of carbonyl (C=O) groups is 4. The first-order chi connectivity index (χ1) is 12.4. The first kappa shape index (κ1) is 17.9. The van der Waals surface area contributed by atoms with Gasteiger partial charge in [0.15, 0.2) is 0 Å². The smallest absolute Gasteiger partial charge is 0.409 e. The van der Waals surface area contributed by atoms with Crippen molar-refractivity contribution in [2.75, 3.05) is 25.5 Å². The molecule has 0 spiro atoms. The molecule has 1 aromatic rings. The van der Waals surface area contributed by atoms with Crippen LogP contribution in [0.5, 0.6) is 0 Å². The second-order valence-corrected chi connectivity index (χ2v) is 6.99. The third-order valence-electron chi connectivity index (χ3n) is 4.31. The molecule has 1 fully saturated rings. The molecule has 2 aliphatic heterocycles. The molecule has 0 unspecified atom stereocenters. The molecule has 1 aromatic heterocycles. The average molecular weight is 376 g/mol. The molecule has 0 aromatic carbocycles. The minimum atomic E-state index is -0.534. The van der Waals surface area contributed by atoms with E-state index < -0.39 is 12.0 Å². The highest BCUT2D eigenvalue weighted by Gasteiger charge is 2.32. The molecule has 4 amide bonds. The summed E-state index contributed by atoms with van der Waals surface area (Å²) in [6.45, 7) is 0.370. The van der Waals surface area contributed by atoms with E-state index >= 15 is 0 Å². The van der Waals surface area contributed by atoms with Crippen LogP contribution in [0.3, 0.4) is 0 Å². The van der Waals surface area contributed by atoms with Crippen LogP contribution < -0.4 is 5.32 Å². The number of hydrogen-bond donors (Lipinski definition) is 1. The van der Waals surface area contributed by atoms with E-state index in [0.29, 0.717) is 30.1 Å². The number of ether oxygens (including phenoxy) is 1. The van der Waals surface area contributed by atoms with Crippen molar-refractivity contribution in [3.05, 3.63) is 16.0 Å². The Kier molecular flexibility index (Phi) is 4.90. The Hall–Kier alpha value is -2.93. The molecule has 0 bridgehead atoms. The Morgan fingerprint density at radius 3 is 2.58 bits per heavy atom. The number of imide groups is 1. The summed E-state index contributed by atoms with van der Waals surface area (Å²) >= 11 is 1.21. The maximum atomic E-state index is 12.2. The molecule has 26 heavy (non-hydrogen) atoms. The maximum absolute atomic E-state index is 12.2. The van der Waals surface area contributed by atoms with Gasteiger partial charge in [0.2, 0.25) is 17.7 Å². The number of rotatable bonds is 3. The number of hydrogen-bond acceptors (Lipinski definition) is 7. The normalized spacial score (nSPS) is 16.3. The highest BCUT2D eigenvalue weighted by Crippen LogP contribution is 2.36. The van der Waals surface area contributed by atoms with Gasteiger partial charge in [-0.3, -0.25) is 19.3 Å². The van der Waals surface area contributed by atoms with Gasteiger partial charge in [-0.1, -0.05) is 0 Å². The second-order valence-electron chi connectivity index (χ2n) is 5.88. The monoisotopic (exact) mass is 376 g/mol. The number of fused-ring (bicyclic) bond motifs is 1. The van der Waals surface area contributed by atoms with Crippen molar-refractivity contribution in [3.8, 4) is 6.07 Å². The lowest BCUT2D eigenvalue weighted by molar-refractivity contribution is -0.141. The van der Waals surface area contributed by atoms with Crippen molar-refractivity contribution in [1.29, 1.82) is 5.26 Å². The van der Waals surface area contributed by atoms with Crippen LogP contribution in [0.1, 0.15) is 28.8 Å². The SMILES string of the molecule is COC(=O)N1CCc2c(sc(NC(=O)CN3C(=O)CCC3=O)c2C#N)C1. The largest absolute Gasteiger partial charge is 0.453 e. The van der Waals surface area contributed by atoms with Crippen molar-refractivity contribution >= 4 is 40.2 Å². The number of likely N-dealkylation sites (tertiary alicyclic amines) is 1. The van der Waals surface area contributed by atoms with Gasteiger partial charge in [0.1, 0.15) is 17.6 Å². The van der Waals surface area contributed by atoms with Gasteiger partial charge < -0.3 is 15.0 Å². The van der Waals surface area contributed by atoms with Gasteiger partial charge in [0.25, 0.3) is 0 Å². The van der Waals surface area contributed by atoms with E-state index in [2.05, 4.69) is 11.4 Å². The van der Waals surface area contributed by atoms with E-state index in [1.54, 1.807) is 0 Å². The molecule has 9 nitrogen and oxygen atoms in total. The molecular weight excluding hydrogens is 360 g/mol. The van der Waals surface area contributed by atoms with Crippen molar-refractivity contribution in [3.63, 3.8) is 0 Å². The first-order valence-corrected chi connectivity index (χ1v) is 8.76. The number of carbonyl (C=O) groups excluding carboxylic acids is 4. The topological polar surface area (TPSA) is 120 Å². The summed E-state index contributed by atoms with van der Waals surface area (Å²) in [5.41, 5.74) is 1.17. The molecule has 0 aliphatic carbocycles. The molecule has 1 N–H and O–H groups in total.